The highest BCUT2D eigenvalue weighted by molar-refractivity contribution is 7.13. The zero-order valence-corrected chi connectivity index (χ0v) is 15.6. The lowest BCUT2D eigenvalue weighted by molar-refractivity contribution is -0.115. The average molecular weight is 388 g/mol. The molecular formula is C21H16N4O2S. The molecule has 0 saturated heterocycles. The summed E-state index contributed by atoms with van der Waals surface area (Å²) >= 11 is 1.48. The average Bonchev–Trinajstić information content (AvgIpc) is 3.18. The Morgan fingerprint density at radius 2 is 1.89 bits per heavy atom. The first-order valence-electron chi connectivity index (χ1n) is 8.60. The molecule has 0 aliphatic heterocycles. The van der Waals surface area contributed by atoms with Crippen LogP contribution in [0.2, 0.25) is 0 Å². The van der Waals surface area contributed by atoms with Gasteiger partial charge in [0, 0.05) is 35.7 Å². The van der Waals surface area contributed by atoms with Crippen molar-refractivity contribution in [2.45, 2.75) is 6.42 Å². The number of hydrogen-bond acceptors (Lipinski definition) is 6. The molecule has 3 heterocycles. The van der Waals surface area contributed by atoms with Crippen LogP contribution in [0.25, 0.3) is 10.7 Å². The molecule has 6 nitrogen and oxygen atoms in total. The van der Waals surface area contributed by atoms with Crippen LogP contribution in [0.3, 0.4) is 0 Å². The smallest absolute Gasteiger partial charge is 0.230 e. The molecule has 0 spiro atoms. The van der Waals surface area contributed by atoms with Gasteiger partial charge in [-0.3, -0.25) is 14.8 Å². The molecule has 28 heavy (non-hydrogen) atoms. The summed E-state index contributed by atoms with van der Waals surface area (Å²) in [4.78, 5) is 25.1. The second kappa shape index (κ2) is 8.41. The van der Waals surface area contributed by atoms with Gasteiger partial charge in [-0.25, -0.2) is 4.98 Å². The fraction of sp³-hybridized carbons (Fsp3) is 0.0476. The number of pyridine rings is 2. The van der Waals surface area contributed by atoms with E-state index in [0.717, 1.165) is 10.7 Å². The van der Waals surface area contributed by atoms with E-state index in [1.54, 1.807) is 36.8 Å². The van der Waals surface area contributed by atoms with Gasteiger partial charge >= 0.3 is 0 Å². The lowest BCUT2D eigenvalue weighted by Gasteiger charge is -2.08. The van der Waals surface area contributed by atoms with E-state index in [2.05, 4.69) is 20.3 Å². The van der Waals surface area contributed by atoms with Crippen LogP contribution in [-0.4, -0.2) is 20.9 Å². The molecule has 0 aliphatic carbocycles. The minimum atomic E-state index is -0.140. The van der Waals surface area contributed by atoms with E-state index >= 15 is 0 Å². The van der Waals surface area contributed by atoms with E-state index in [0.29, 0.717) is 22.9 Å². The van der Waals surface area contributed by atoms with Gasteiger partial charge in [-0.2, -0.15) is 0 Å². The van der Waals surface area contributed by atoms with Crippen molar-refractivity contribution in [3.63, 3.8) is 0 Å². The summed E-state index contributed by atoms with van der Waals surface area (Å²) in [5, 5.41) is 5.57. The molecule has 4 aromatic rings. The number of aromatic nitrogens is 3. The van der Waals surface area contributed by atoms with Crippen LogP contribution in [0.15, 0.2) is 78.6 Å². The lowest BCUT2D eigenvalue weighted by atomic mass is 10.2. The number of thiazole rings is 1. The molecule has 0 aliphatic rings. The van der Waals surface area contributed by atoms with Crippen LogP contribution in [-0.2, 0) is 11.2 Å². The third kappa shape index (κ3) is 4.57. The summed E-state index contributed by atoms with van der Waals surface area (Å²) in [6.07, 6.45) is 5.24. The molecule has 0 unspecified atom stereocenters. The van der Waals surface area contributed by atoms with Crippen LogP contribution in [0.1, 0.15) is 5.69 Å². The van der Waals surface area contributed by atoms with E-state index in [9.17, 15) is 4.79 Å². The quantitative estimate of drug-likeness (QED) is 0.523. The van der Waals surface area contributed by atoms with Gasteiger partial charge < -0.3 is 10.1 Å². The maximum absolute atomic E-state index is 12.4. The SMILES string of the molecule is O=C(Cc1csc(-c2ccccn2)n1)Nc1cccc(Oc2ccncc2)c1. The number of carbonyl (C=O) groups is 1. The van der Waals surface area contributed by atoms with E-state index in [4.69, 9.17) is 4.74 Å². The number of nitrogens with one attached hydrogen (secondary N) is 1. The molecule has 4 rings (SSSR count). The molecule has 1 N–H and O–H groups in total. The van der Waals surface area contributed by atoms with Gasteiger partial charge in [0.2, 0.25) is 5.91 Å². The van der Waals surface area contributed by atoms with Gasteiger partial charge in [-0.15, -0.1) is 11.3 Å². The van der Waals surface area contributed by atoms with Gasteiger partial charge in [-0.1, -0.05) is 12.1 Å². The standard InChI is InChI=1S/C21H16N4O2S/c26-20(13-16-14-28-21(25-16)19-6-1-2-9-23-19)24-15-4-3-5-18(12-15)27-17-7-10-22-11-8-17/h1-12,14H,13H2,(H,24,26). The molecule has 0 radical (unpaired) electrons. The molecule has 0 atom stereocenters. The number of nitrogens with zero attached hydrogens (tertiary/aromatic N) is 3. The van der Waals surface area contributed by atoms with E-state index in [1.807, 2.05) is 41.8 Å². The molecule has 7 heteroatoms. The van der Waals surface area contributed by atoms with Crippen molar-refractivity contribution in [2.75, 3.05) is 5.32 Å². The van der Waals surface area contributed by atoms with Crippen molar-refractivity contribution in [3.05, 3.63) is 84.3 Å². The highest BCUT2D eigenvalue weighted by Gasteiger charge is 2.10. The summed E-state index contributed by atoms with van der Waals surface area (Å²) in [5.41, 5.74) is 2.18. The first-order chi connectivity index (χ1) is 13.8. The minimum absolute atomic E-state index is 0.140. The van der Waals surface area contributed by atoms with Crippen molar-refractivity contribution in [2.24, 2.45) is 0 Å². The van der Waals surface area contributed by atoms with Crippen molar-refractivity contribution >= 4 is 22.9 Å². The summed E-state index contributed by atoms with van der Waals surface area (Å²) in [6, 6.07) is 16.5. The van der Waals surface area contributed by atoms with Crippen molar-refractivity contribution in [1.82, 2.24) is 15.0 Å². The number of amides is 1. The highest BCUT2D eigenvalue weighted by Crippen LogP contribution is 2.24. The highest BCUT2D eigenvalue weighted by atomic mass is 32.1. The van der Waals surface area contributed by atoms with Gasteiger partial charge in [0.1, 0.15) is 16.5 Å². The van der Waals surface area contributed by atoms with Crippen molar-refractivity contribution in [3.8, 4) is 22.2 Å². The third-order valence-electron chi connectivity index (χ3n) is 3.78. The Kier molecular flexibility index (Phi) is 5.35. The fourth-order valence-electron chi connectivity index (χ4n) is 2.54. The molecule has 138 valence electrons. The number of carbonyl (C=O) groups excluding carboxylic acids is 1. The molecular weight excluding hydrogens is 372 g/mol. The number of anilines is 1. The molecule has 1 aromatic carbocycles. The van der Waals surface area contributed by atoms with E-state index in [-0.39, 0.29) is 12.3 Å². The molecule has 0 bridgehead atoms. The summed E-state index contributed by atoms with van der Waals surface area (Å²) in [6.45, 7) is 0. The second-order valence-electron chi connectivity index (χ2n) is 5.90. The number of ether oxygens (including phenoxy) is 1. The predicted octanol–water partition coefficient (Wildman–Crippen LogP) is 4.57. The summed E-state index contributed by atoms with van der Waals surface area (Å²) < 4.78 is 5.76. The van der Waals surface area contributed by atoms with E-state index < -0.39 is 0 Å². The lowest BCUT2D eigenvalue weighted by Crippen LogP contribution is -2.14. The normalized spacial score (nSPS) is 10.4. The Labute approximate surface area is 165 Å². The Hall–Kier alpha value is -3.58. The Morgan fingerprint density at radius 1 is 1.00 bits per heavy atom. The topological polar surface area (TPSA) is 77.0 Å². The van der Waals surface area contributed by atoms with Gasteiger partial charge in [0.25, 0.3) is 0 Å². The maximum atomic E-state index is 12.4. The van der Waals surface area contributed by atoms with Crippen molar-refractivity contribution in [1.29, 1.82) is 0 Å². The monoisotopic (exact) mass is 388 g/mol. The van der Waals surface area contributed by atoms with Gasteiger partial charge in [-0.05, 0) is 36.4 Å². The Morgan fingerprint density at radius 3 is 2.71 bits per heavy atom. The van der Waals surface area contributed by atoms with Crippen LogP contribution in [0.4, 0.5) is 5.69 Å². The number of benzene rings is 1. The van der Waals surface area contributed by atoms with Crippen LogP contribution in [0.5, 0.6) is 11.5 Å². The number of hydrogen-bond donors (Lipinski definition) is 1. The Balaban J connectivity index is 1.39. The first-order valence-corrected chi connectivity index (χ1v) is 9.48. The van der Waals surface area contributed by atoms with E-state index in [1.165, 1.54) is 11.3 Å². The summed E-state index contributed by atoms with van der Waals surface area (Å²) in [7, 11) is 0. The van der Waals surface area contributed by atoms with Crippen LogP contribution in [0, 0.1) is 0 Å². The molecule has 3 aromatic heterocycles. The minimum Gasteiger partial charge on any atom is -0.457 e. The van der Waals surface area contributed by atoms with Gasteiger partial charge in [0.15, 0.2) is 0 Å². The van der Waals surface area contributed by atoms with Crippen LogP contribution >= 0.6 is 11.3 Å². The summed E-state index contributed by atoms with van der Waals surface area (Å²) in [5.74, 6) is 1.18. The second-order valence-corrected chi connectivity index (χ2v) is 6.75. The maximum Gasteiger partial charge on any atom is 0.230 e. The largest absolute Gasteiger partial charge is 0.457 e. The molecule has 0 saturated carbocycles. The predicted molar refractivity (Wildman–Crippen MR) is 108 cm³/mol. The fourth-order valence-corrected chi connectivity index (χ4v) is 3.34. The third-order valence-corrected chi connectivity index (χ3v) is 4.69. The molecule has 0 fully saturated rings. The zero-order chi connectivity index (χ0) is 19.2. The van der Waals surface area contributed by atoms with Crippen molar-refractivity contribution < 1.29 is 9.53 Å². The van der Waals surface area contributed by atoms with Crippen LogP contribution < -0.4 is 10.1 Å². The van der Waals surface area contributed by atoms with Gasteiger partial charge in [0.05, 0.1) is 17.8 Å². The number of rotatable bonds is 6. The zero-order valence-electron chi connectivity index (χ0n) is 14.8. The first kappa shape index (κ1) is 17.8. The molecule has 1 amide bonds. The Bertz CT molecular complexity index is 1070.